The maximum atomic E-state index is 13.1. The average molecular weight is 401 g/mol. The Kier molecular flexibility index (Phi) is 5.48. The molecule has 0 saturated heterocycles. The topological polar surface area (TPSA) is 77.8 Å². The number of ether oxygens (including phenoxy) is 2. The summed E-state index contributed by atoms with van der Waals surface area (Å²) in [6, 6.07) is 23.0. The average Bonchev–Trinajstić information content (AvgIpc) is 2.79. The van der Waals surface area contributed by atoms with Gasteiger partial charge in [0.05, 0.1) is 12.5 Å². The highest BCUT2D eigenvalue weighted by Gasteiger charge is 2.19. The minimum atomic E-state index is -0.380. The van der Waals surface area contributed by atoms with Crippen LogP contribution in [0.1, 0.15) is 0 Å². The third-order valence-electron chi connectivity index (χ3n) is 4.51. The van der Waals surface area contributed by atoms with Gasteiger partial charge in [0, 0.05) is 11.3 Å². The maximum absolute atomic E-state index is 13.1. The number of fused-ring (bicyclic) bond motifs is 1. The lowest BCUT2D eigenvalue weighted by atomic mass is 10.1. The first-order valence-electron chi connectivity index (χ1n) is 9.33. The highest BCUT2D eigenvalue weighted by Crippen LogP contribution is 2.31. The number of para-hydroxylation sites is 2. The van der Waals surface area contributed by atoms with Gasteiger partial charge in [0.15, 0.2) is 12.4 Å². The molecule has 0 radical (unpaired) electrons. The summed E-state index contributed by atoms with van der Waals surface area (Å²) in [6.07, 6.45) is 0. The third-order valence-corrected chi connectivity index (χ3v) is 4.51. The summed E-state index contributed by atoms with van der Waals surface area (Å²) < 4.78 is 16.8. The van der Waals surface area contributed by atoms with E-state index in [1.807, 2.05) is 18.2 Å². The molecule has 0 bridgehead atoms. The van der Waals surface area contributed by atoms with Gasteiger partial charge in [-0.05, 0) is 48.5 Å². The quantitative estimate of drug-likeness (QED) is 0.515. The predicted octanol–water partition coefficient (Wildman–Crippen LogP) is 4.49. The minimum Gasteiger partial charge on any atom is -0.497 e. The smallest absolute Gasteiger partial charge is 0.262 e. The second-order valence-electron chi connectivity index (χ2n) is 6.52. The fraction of sp³-hybridized carbons (Fsp3) is 0.0833. The molecule has 1 N–H and O–H groups in total. The van der Waals surface area contributed by atoms with Crippen molar-refractivity contribution >= 4 is 22.6 Å². The van der Waals surface area contributed by atoms with Gasteiger partial charge in [-0.2, -0.15) is 0 Å². The predicted molar refractivity (Wildman–Crippen MR) is 115 cm³/mol. The zero-order valence-corrected chi connectivity index (χ0v) is 16.3. The van der Waals surface area contributed by atoms with Crippen molar-refractivity contribution in [2.45, 2.75) is 0 Å². The Morgan fingerprint density at radius 3 is 2.37 bits per heavy atom. The van der Waals surface area contributed by atoms with E-state index in [1.54, 1.807) is 67.8 Å². The van der Waals surface area contributed by atoms with E-state index in [4.69, 9.17) is 13.9 Å². The number of benzene rings is 3. The largest absolute Gasteiger partial charge is 0.497 e. The molecule has 0 aliphatic heterocycles. The van der Waals surface area contributed by atoms with Crippen LogP contribution in [0.4, 0.5) is 5.69 Å². The standard InChI is InChI=1S/C24H19NO5/c1-28-18-13-11-16(12-14-18)23-24(22(27)19-9-5-6-10-20(19)30-23)29-15-21(26)25-17-7-3-2-4-8-17/h2-14H,15H2,1H3,(H,25,26). The monoisotopic (exact) mass is 401 g/mol. The van der Waals surface area contributed by atoms with Gasteiger partial charge in [0.1, 0.15) is 11.3 Å². The molecule has 0 fully saturated rings. The number of amides is 1. The Morgan fingerprint density at radius 1 is 0.933 bits per heavy atom. The van der Waals surface area contributed by atoms with Crippen molar-refractivity contribution in [1.29, 1.82) is 0 Å². The van der Waals surface area contributed by atoms with E-state index in [9.17, 15) is 9.59 Å². The molecule has 150 valence electrons. The molecule has 0 atom stereocenters. The van der Waals surface area contributed by atoms with Crippen LogP contribution in [0.25, 0.3) is 22.3 Å². The number of anilines is 1. The van der Waals surface area contributed by atoms with Crippen molar-refractivity contribution in [1.82, 2.24) is 0 Å². The highest BCUT2D eigenvalue weighted by molar-refractivity contribution is 5.92. The highest BCUT2D eigenvalue weighted by atomic mass is 16.5. The first-order valence-corrected chi connectivity index (χ1v) is 9.33. The summed E-state index contributed by atoms with van der Waals surface area (Å²) in [7, 11) is 1.57. The van der Waals surface area contributed by atoms with Gasteiger partial charge >= 0.3 is 0 Å². The van der Waals surface area contributed by atoms with E-state index in [0.29, 0.717) is 28.0 Å². The van der Waals surface area contributed by atoms with Crippen LogP contribution < -0.4 is 20.2 Å². The number of methoxy groups -OCH3 is 1. The van der Waals surface area contributed by atoms with Crippen LogP contribution in [0.2, 0.25) is 0 Å². The Balaban J connectivity index is 1.68. The van der Waals surface area contributed by atoms with E-state index >= 15 is 0 Å². The molecule has 3 aromatic carbocycles. The Morgan fingerprint density at radius 2 is 1.63 bits per heavy atom. The third kappa shape index (κ3) is 4.03. The van der Waals surface area contributed by atoms with Crippen LogP contribution >= 0.6 is 0 Å². The number of nitrogens with one attached hydrogen (secondary N) is 1. The van der Waals surface area contributed by atoms with Crippen LogP contribution in [-0.2, 0) is 4.79 Å². The number of rotatable bonds is 6. The van der Waals surface area contributed by atoms with Gasteiger partial charge in [-0.3, -0.25) is 9.59 Å². The van der Waals surface area contributed by atoms with Crippen molar-refractivity contribution in [3.8, 4) is 22.8 Å². The summed E-state index contributed by atoms with van der Waals surface area (Å²) in [4.78, 5) is 25.4. The van der Waals surface area contributed by atoms with Crippen molar-refractivity contribution < 1.29 is 18.7 Å². The van der Waals surface area contributed by atoms with E-state index in [-0.39, 0.29) is 29.5 Å². The fourth-order valence-electron chi connectivity index (χ4n) is 3.04. The number of hydrogen-bond donors (Lipinski definition) is 1. The lowest BCUT2D eigenvalue weighted by Crippen LogP contribution is -2.22. The van der Waals surface area contributed by atoms with E-state index in [1.165, 1.54) is 0 Å². The normalized spacial score (nSPS) is 10.6. The summed E-state index contributed by atoms with van der Waals surface area (Å²) in [6.45, 7) is -0.332. The SMILES string of the molecule is COc1ccc(-c2oc3ccccc3c(=O)c2OCC(=O)Nc2ccccc2)cc1. The van der Waals surface area contributed by atoms with Gasteiger partial charge in [0.2, 0.25) is 11.2 Å². The molecule has 6 nitrogen and oxygen atoms in total. The molecule has 6 heteroatoms. The minimum absolute atomic E-state index is 0.0120. The van der Waals surface area contributed by atoms with Gasteiger partial charge < -0.3 is 19.2 Å². The van der Waals surface area contributed by atoms with Gasteiger partial charge in [0.25, 0.3) is 5.91 Å². The Bertz CT molecular complexity index is 1230. The van der Waals surface area contributed by atoms with Crippen LogP contribution in [0.15, 0.2) is 88.1 Å². The zero-order valence-electron chi connectivity index (χ0n) is 16.3. The van der Waals surface area contributed by atoms with E-state index in [2.05, 4.69) is 5.32 Å². The molecular formula is C24H19NO5. The summed E-state index contributed by atoms with van der Waals surface area (Å²) in [5.74, 6) is 0.539. The summed E-state index contributed by atoms with van der Waals surface area (Å²) in [5.41, 5.74) is 1.38. The number of hydrogen-bond acceptors (Lipinski definition) is 5. The molecule has 0 aliphatic carbocycles. The first kappa shape index (κ1) is 19.3. The number of carbonyl (C=O) groups is 1. The Hall–Kier alpha value is -4.06. The van der Waals surface area contributed by atoms with Crippen LogP contribution in [0.5, 0.6) is 11.5 Å². The molecule has 1 aromatic heterocycles. The molecule has 0 aliphatic rings. The molecule has 4 aromatic rings. The second kappa shape index (κ2) is 8.53. The van der Waals surface area contributed by atoms with Gasteiger partial charge in [-0.1, -0.05) is 30.3 Å². The van der Waals surface area contributed by atoms with Crippen LogP contribution in [0, 0.1) is 0 Å². The summed E-state index contributed by atoms with van der Waals surface area (Å²) >= 11 is 0. The van der Waals surface area contributed by atoms with Crippen LogP contribution in [0.3, 0.4) is 0 Å². The molecule has 0 saturated carbocycles. The fourth-order valence-corrected chi connectivity index (χ4v) is 3.04. The van der Waals surface area contributed by atoms with Gasteiger partial charge in [-0.25, -0.2) is 0 Å². The Labute approximate surface area is 172 Å². The second-order valence-corrected chi connectivity index (χ2v) is 6.52. The summed E-state index contributed by atoms with van der Waals surface area (Å²) in [5, 5.41) is 3.11. The van der Waals surface area contributed by atoms with E-state index < -0.39 is 0 Å². The number of carbonyl (C=O) groups excluding carboxylic acids is 1. The molecule has 0 unspecified atom stereocenters. The molecule has 4 rings (SSSR count). The molecule has 1 amide bonds. The molecular weight excluding hydrogens is 382 g/mol. The van der Waals surface area contributed by atoms with Crippen molar-refractivity contribution in [2.24, 2.45) is 0 Å². The molecule has 1 heterocycles. The van der Waals surface area contributed by atoms with Crippen LogP contribution in [-0.4, -0.2) is 19.6 Å². The lowest BCUT2D eigenvalue weighted by Gasteiger charge is -2.12. The zero-order chi connectivity index (χ0) is 20.9. The van der Waals surface area contributed by atoms with Crippen molar-refractivity contribution in [2.75, 3.05) is 19.0 Å². The van der Waals surface area contributed by atoms with Crippen molar-refractivity contribution in [3.63, 3.8) is 0 Å². The van der Waals surface area contributed by atoms with Crippen molar-refractivity contribution in [3.05, 3.63) is 89.1 Å². The molecule has 30 heavy (non-hydrogen) atoms. The van der Waals surface area contributed by atoms with E-state index in [0.717, 1.165) is 0 Å². The first-order chi connectivity index (χ1) is 14.7. The lowest BCUT2D eigenvalue weighted by molar-refractivity contribution is -0.118. The molecule has 0 spiro atoms. The maximum Gasteiger partial charge on any atom is 0.262 e. The van der Waals surface area contributed by atoms with Gasteiger partial charge in [-0.15, -0.1) is 0 Å².